The molecule has 1 aromatic rings. The molecule has 0 aliphatic carbocycles. The van der Waals surface area contributed by atoms with E-state index in [4.69, 9.17) is 0 Å². The first-order valence-electron chi connectivity index (χ1n) is 5.62. The number of hydrogen-bond donors (Lipinski definition) is 1. The average Bonchev–Trinajstić information content (AvgIpc) is 2.68. The molecule has 1 fully saturated rings. The first-order chi connectivity index (χ1) is 8.07. The third kappa shape index (κ3) is 2.41. The standard InChI is InChI=1S/C13H16N2OS/c1-13(16)6-7-15(9-13)11-4-3-5-12(17-2)10(11)8-14/h3-5,16H,6-7,9H2,1-2H3. The second-order valence-electron chi connectivity index (χ2n) is 4.63. The predicted molar refractivity (Wildman–Crippen MR) is 70.4 cm³/mol. The van der Waals surface area contributed by atoms with E-state index in [1.165, 1.54) is 0 Å². The molecule has 1 aromatic carbocycles. The van der Waals surface area contributed by atoms with Gasteiger partial charge in [-0.2, -0.15) is 5.26 Å². The van der Waals surface area contributed by atoms with Gasteiger partial charge in [-0.05, 0) is 31.7 Å². The summed E-state index contributed by atoms with van der Waals surface area (Å²) in [4.78, 5) is 3.09. The summed E-state index contributed by atoms with van der Waals surface area (Å²) in [6.45, 7) is 3.25. The molecule has 0 amide bonds. The highest BCUT2D eigenvalue weighted by Crippen LogP contribution is 2.33. The SMILES string of the molecule is CSc1cccc(N2CCC(C)(O)C2)c1C#N. The maximum absolute atomic E-state index is 9.99. The van der Waals surface area contributed by atoms with Gasteiger partial charge in [-0.15, -0.1) is 11.8 Å². The Balaban J connectivity index is 2.37. The van der Waals surface area contributed by atoms with Gasteiger partial charge in [-0.25, -0.2) is 0 Å². The van der Waals surface area contributed by atoms with Crippen molar-refractivity contribution < 1.29 is 5.11 Å². The second kappa shape index (κ2) is 4.59. The van der Waals surface area contributed by atoms with Crippen LogP contribution in [0.1, 0.15) is 18.9 Å². The number of aliphatic hydroxyl groups is 1. The fraction of sp³-hybridized carbons (Fsp3) is 0.462. The number of nitrogens with zero attached hydrogens (tertiary/aromatic N) is 2. The molecular weight excluding hydrogens is 232 g/mol. The van der Waals surface area contributed by atoms with E-state index in [9.17, 15) is 10.4 Å². The van der Waals surface area contributed by atoms with Gasteiger partial charge >= 0.3 is 0 Å². The molecule has 1 N–H and O–H groups in total. The maximum atomic E-state index is 9.99. The third-order valence-electron chi connectivity index (χ3n) is 3.13. The molecule has 4 heteroatoms. The minimum absolute atomic E-state index is 0.597. The molecule has 1 heterocycles. The van der Waals surface area contributed by atoms with Crippen LogP contribution in [-0.4, -0.2) is 30.1 Å². The summed E-state index contributed by atoms with van der Waals surface area (Å²) >= 11 is 1.58. The molecule has 1 aliphatic rings. The normalized spacial score (nSPS) is 23.8. The van der Waals surface area contributed by atoms with Crippen LogP contribution >= 0.6 is 11.8 Å². The Morgan fingerprint density at radius 2 is 2.29 bits per heavy atom. The molecule has 17 heavy (non-hydrogen) atoms. The van der Waals surface area contributed by atoms with Gasteiger partial charge < -0.3 is 10.0 Å². The highest BCUT2D eigenvalue weighted by atomic mass is 32.2. The van der Waals surface area contributed by atoms with Crippen molar-refractivity contribution in [2.75, 3.05) is 24.2 Å². The second-order valence-corrected chi connectivity index (χ2v) is 5.48. The van der Waals surface area contributed by atoms with Crippen LogP contribution in [0.5, 0.6) is 0 Å². The highest BCUT2D eigenvalue weighted by molar-refractivity contribution is 7.98. The topological polar surface area (TPSA) is 47.3 Å². The highest BCUT2D eigenvalue weighted by Gasteiger charge is 2.32. The van der Waals surface area contributed by atoms with Crippen molar-refractivity contribution in [1.82, 2.24) is 0 Å². The van der Waals surface area contributed by atoms with E-state index in [2.05, 4.69) is 11.0 Å². The van der Waals surface area contributed by atoms with Crippen LogP contribution in [0.15, 0.2) is 23.1 Å². The lowest BCUT2D eigenvalue weighted by Gasteiger charge is -2.22. The molecule has 0 spiro atoms. The van der Waals surface area contributed by atoms with Gasteiger partial charge in [0.05, 0.1) is 16.9 Å². The zero-order valence-electron chi connectivity index (χ0n) is 10.1. The number of benzene rings is 1. The minimum atomic E-state index is -0.637. The lowest BCUT2D eigenvalue weighted by molar-refractivity contribution is 0.0839. The zero-order valence-corrected chi connectivity index (χ0v) is 10.9. The Morgan fingerprint density at radius 1 is 1.53 bits per heavy atom. The lowest BCUT2D eigenvalue weighted by atomic mass is 10.1. The quantitative estimate of drug-likeness (QED) is 0.815. The van der Waals surface area contributed by atoms with Crippen molar-refractivity contribution in [3.05, 3.63) is 23.8 Å². The third-order valence-corrected chi connectivity index (χ3v) is 3.91. The summed E-state index contributed by atoms with van der Waals surface area (Å²) in [7, 11) is 0. The predicted octanol–water partition coefficient (Wildman–Crippen LogP) is 2.24. The molecule has 90 valence electrons. The Labute approximate surface area is 106 Å². The zero-order chi connectivity index (χ0) is 12.5. The summed E-state index contributed by atoms with van der Waals surface area (Å²) in [6, 6.07) is 8.16. The Bertz CT molecular complexity index is 465. The van der Waals surface area contributed by atoms with E-state index < -0.39 is 5.60 Å². The van der Waals surface area contributed by atoms with E-state index in [1.54, 1.807) is 11.8 Å². The van der Waals surface area contributed by atoms with Gasteiger partial charge in [0.15, 0.2) is 0 Å². The van der Waals surface area contributed by atoms with Gasteiger partial charge in [0.2, 0.25) is 0 Å². The summed E-state index contributed by atoms with van der Waals surface area (Å²) in [5, 5.41) is 19.3. The van der Waals surface area contributed by atoms with E-state index in [1.807, 2.05) is 31.4 Å². The van der Waals surface area contributed by atoms with E-state index in [0.29, 0.717) is 6.54 Å². The van der Waals surface area contributed by atoms with Crippen LogP contribution < -0.4 is 4.90 Å². The monoisotopic (exact) mass is 248 g/mol. The number of nitriles is 1. The van der Waals surface area contributed by atoms with E-state index in [-0.39, 0.29) is 0 Å². The number of rotatable bonds is 2. The van der Waals surface area contributed by atoms with Crippen LogP contribution in [0.2, 0.25) is 0 Å². The van der Waals surface area contributed by atoms with Gasteiger partial charge in [0, 0.05) is 18.0 Å². The average molecular weight is 248 g/mol. The molecule has 3 nitrogen and oxygen atoms in total. The minimum Gasteiger partial charge on any atom is -0.388 e. The van der Waals surface area contributed by atoms with Crippen LogP contribution in [0.4, 0.5) is 5.69 Å². The van der Waals surface area contributed by atoms with Gasteiger partial charge in [-0.3, -0.25) is 0 Å². The van der Waals surface area contributed by atoms with E-state index >= 15 is 0 Å². The maximum Gasteiger partial charge on any atom is 0.103 e. The molecule has 1 unspecified atom stereocenters. The van der Waals surface area contributed by atoms with Crippen LogP contribution in [0.25, 0.3) is 0 Å². The van der Waals surface area contributed by atoms with Crippen molar-refractivity contribution >= 4 is 17.4 Å². The number of β-amino-alcohol motifs (C(OH)–C–C–N with tert-alkyl or cyclic N) is 1. The van der Waals surface area contributed by atoms with Crippen LogP contribution in [0.3, 0.4) is 0 Å². The summed E-state index contributed by atoms with van der Waals surface area (Å²) < 4.78 is 0. The van der Waals surface area contributed by atoms with Crippen LogP contribution in [0, 0.1) is 11.3 Å². The molecule has 1 atom stereocenters. The molecule has 1 saturated heterocycles. The molecule has 0 saturated carbocycles. The van der Waals surface area contributed by atoms with Crippen molar-refractivity contribution in [1.29, 1.82) is 5.26 Å². The Hall–Kier alpha value is -1.18. The molecule has 0 radical (unpaired) electrons. The molecule has 1 aliphatic heterocycles. The fourth-order valence-corrected chi connectivity index (χ4v) is 2.79. The Morgan fingerprint density at radius 3 is 2.82 bits per heavy atom. The smallest absolute Gasteiger partial charge is 0.103 e. The summed E-state index contributed by atoms with van der Waals surface area (Å²) in [5.74, 6) is 0. The van der Waals surface area contributed by atoms with Crippen LogP contribution in [-0.2, 0) is 0 Å². The molecule has 2 rings (SSSR count). The summed E-state index contributed by atoms with van der Waals surface area (Å²) in [5.41, 5.74) is 1.03. The number of hydrogen-bond acceptors (Lipinski definition) is 4. The van der Waals surface area contributed by atoms with E-state index in [0.717, 1.165) is 29.1 Å². The van der Waals surface area contributed by atoms with Crippen molar-refractivity contribution in [3.8, 4) is 6.07 Å². The molecular formula is C13H16N2OS. The largest absolute Gasteiger partial charge is 0.388 e. The van der Waals surface area contributed by atoms with Crippen molar-refractivity contribution in [3.63, 3.8) is 0 Å². The summed E-state index contributed by atoms with van der Waals surface area (Å²) in [6.07, 6.45) is 2.72. The Kier molecular flexibility index (Phi) is 3.32. The van der Waals surface area contributed by atoms with Gasteiger partial charge in [-0.1, -0.05) is 6.07 Å². The number of thioether (sulfide) groups is 1. The fourth-order valence-electron chi connectivity index (χ4n) is 2.22. The lowest BCUT2D eigenvalue weighted by Crippen LogP contribution is -2.29. The molecule has 0 aromatic heterocycles. The first-order valence-corrected chi connectivity index (χ1v) is 6.84. The van der Waals surface area contributed by atoms with Gasteiger partial charge in [0.1, 0.15) is 6.07 Å². The van der Waals surface area contributed by atoms with Crippen molar-refractivity contribution in [2.45, 2.75) is 23.8 Å². The van der Waals surface area contributed by atoms with Gasteiger partial charge in [0.25, 0.3) is 0 Å². The number of anilines is 1. The first kappa shape index (κ1) is 12.3. The van der Waals surface area contributed by atoms with Crippen molar-refractivity contribution in [2.24, 2.45) is 0 Å². The molecule has 0 bridgehead atoms.